The van der Waals surface area contributed by atoms with Crippen LogP contribution in [0.1, 0.15) is 57.6 Å². The number of hydrogen-bond acceptors (Lipinski definition) is 9. The Bertz CT molecular complexity index is 1420. The third kappa shape index (κ3) is 5.86. The van der Waals surface area contributed by atoms with Crippen molar-refractivity contribution in [1.82, 2.24) is 30.3 Å². The fourth-order valence-electron chi connectivity index (χ4n) is 5.81. The summed E-state index contributed by atoms with van der Waals surface area (Å²) < 4.78 is 52.7. The highest BCUT2D eigenvalue weighted by molar-refractivity contribution is 7.99. The molecule has 14 heteroatoms. The van der Waals surface area contributed by atoms with E-state index in [9.17, 15) is 18.0 Å². The summed E-state index contributed by atoms with van der Waals surface area (Å²) in [5.74, 6) is -0.991. The van der Waals surface area contributed by atoms with Gasteiger partial charge < -0.3 is 20.1 Å². The van der Waals surface area contributed by atoms with Crippen LogP contribution in [-0.2, 0) is 14.3 Å². The smallest absolute Gasteiger partial charge is 0.365 e. The molecule has 2 saturated carbocycles. The number of aromatic nitrogens is 5. The van der Waals surface area contributed by atoms with Gasteiger partial charge in [0.15, 0.2) is 27.9 Å². The molecule has 6 rings (SSSR count). The Hall–Kier alpha value is -2.97. The molecular formula is C27H32F3N7O3S. The van der Waals surface area contributed by atoms with Gasteiger partial charge in [0.25, 0.3) is 0 Å². The Morgan fingerprint density at radius 2 is 1.90 bits per heavy atom. The van der Waals surface area contributed by atoms with Gasteiger partial charge in [0.2, 0.25) is 5.91 Å². The SMILES string of the molecule is CCNC(=O)C1CC(n2nnc3c(NC4CC4c4ccccc4)nc(SCCC(F)(F)F)nc32)C2OC(C)(C)OC12. The summed E-state index contributed by atoms with van der Waals surface area (Å²) >= 11 is 0.936. The second-order valence-electron chi connectivity index (χ2n) is 11.1. The number of nitrogens with one attached hydrogen (secondary N) is 2. The van der Waals surface area contributed by atoms with Crippen LogP contribution in [0.2, 0.25) is 0 Å². The molecule has 10 nitrogen and oxygen atoms in total. The zero-order chi connectivity index (χ0) is 28.9. The number of thioether (sulfide) groups is 1. The first-order valence-electron chi connectivity index (χ1n) is 13.8. The lowest BCUT2D eigenvalue weighted by atomic mass is 10.0. The number of ether oxygens (including phenoxy) is 2. The van der Waals surface area contributed by atoms with Crippen LogP contribution in [0.4, 0.5) is 19.0 Å². The Labute approximate surface area is 239 Å². The van der Waals surface area contributed by atoms with E-state index in [1.165, 1.54) is 5.56 Å². The van der Waals surface area contributed by atoms with E-state index in [0.717, 1.165) is 18.2 Å². The fourth-order valence-corrected chi connectivity index (χ4v) is 6.63. The summed E-state index contributed by atoms with van der Waals surface area (Å²) in [6.45, 7) is 5.94. The molecule has 6 unspecified atom stereocenters. The Morgan fingerprint density at radius 1 is 1.15 bits per heavy atom. The standard InChI is InChI=1S/C27H32F3N7O3S/c1-4-31-24(38)16-13-18(21-20(16)39-26(2,3)40-21)37-23-19(35-36-37)22(33-25(34-23)41-11-10-27(28,29)30)32-17-12-15(17)14-8-6-5-7-9-14/h5-9,15-18,20-21H,4,10-13H2,1-3H3,(H,31,38)(H,32,33,34). The molecule has 3 heterocycles. The second-order valence-corrected chi connectivity index (χ2v) is 12.2. The predicted molar refractivity (Wildman–Crippen MR) is 145 cm³/mol. The third-order valence-electron chi connectivity index (χ3n) is 7.70. The van der Waals surface area contributed by atoms with Gasteiger partial charge in [0, 0.05) is 24.3 Å². The van der Waals surface area contributed by atoms with Crippen molar-refractivity contribution < 1.29 is 27.4 Å². The van der Waals surface area contributed by atoms with Gasteiger partial charge in [-0.25, -0.2) is 14.6 Å². The van der Waals surface area contributed by atoms with Crippen molar-refractivity contribution in [3.63, 3.8) is 0 Å². The minimum atomic E-state index is -4.28. The summed E-state index contributed by atoms with van der Waals surface area (Å²) in [5.41, 5.74) is 2.00. The van der Waals surface area contributed by atoms with E-state index in [0.29, 0.717) is 29.9 Å². The van der Waals surface area contributed by atoms with Crippen molar-refractivity contribution in [3.05, 3.63) is 35.9 Å². The molecular weight excluding hydrogens is 559 g/mol. The van der Waals surface area contributed by atoms with Gasteiger partial charge in [-0.3, -0.25) is 4.79 Å². The fraction of sp³-hybridized carbons (Fsp3) is 0.593. The van der Waals surface area contributed by atoms with E-state index in [4.69, 9.17) is 9.47 Å². The summed E-state index contributed by atoms with van der Waals surface area (Å²) in [6, 6.07) is 9.77. The number of halogens is 3. The molecule has 1 saturated heterocycles. The van der Waals surface area contributed by atoms with E-state index in [2.05, 4.69) is 43.0 Å². The monoisotopic (exact) mass is 591 g/mol. The number of fused-ring (bicyclic) bond motifs is 2. The molecule has 1 aromatic carbocycles. The van der Waals surface area contributed by atoms with Gasteiger partial charge >= 0.3 is 6.18 Å². The third-order valence-corrected chi connectivity index (χ3v) is 8.55. The number of alkyl halides is 3. The lowest BCUT2D eigenvalue weighted by Gasteiger charge is -2.23. The lowest BCUT2D eigenvalue weighted by molar-refractivity contribution is -0.163. The maximum absolute atomic E-state index is 12.9. The van der Waals surface area contributed by atoms with Crippen LogP contribution in [0.5, 0.6) is 0 Å². The highest BCUT2D eigenvalue weighted by atomic mass is 32.2. The van der Waals surface area contributed by atoms with E-state index in [-0.39, 0.29) is 28.8 Å². The molecule has 3 aromatic rings. The average Bonchev–Trinajstić information content (AvgIpc) is 3.23. The molecule has 2 N–H and O–H groups in total. The first-order chi connectivity index (χ1) is 19.5. The van der Waals surface area contributed by atoms with Crippen molar-refractivity contribution in [2.75, 3.05) is 17.6 Å². The molecule has 0 bridgehead atoms. The Balaban J connectivity index is 1.33. The molecule has 1 aliphatic heterocycles. The highest BCUT2D eigenvalue weighted by Gasteiger charge is 2.57. The zero-order valence-electron chi connectivity index (χ0n) is 22.9. The van der Waals surface area contributed by atoms with Crippen LogP contribution in [0.15, 0.2) is 35.5 Å². The van der Waals surface area contributed by atoms with Crippen LogP contribution in [0.3, 0.4) is 0 Å². The molecule has 2 aliphatic carbocycles. The number of carbonyl (C=O) groups is 1. The number of amides is 1. The minimum absolute atomic E-state index is 0.0963. The highest BCUT2D eigenvalue weighted by Crippen LogP contribution is 2.48. The quantitative estimate of drug-likeness (QED) is 0.275. The summed E-state index contributed by atoms with van der Waals surface area (Å²) in [4.78, 5) is 22.1. The van der Waals surface area contributed by atoms with E-state index >= 15 is 0 Å². The number of carbonyl (C=O) groups excluding carboxylic acids is 1. The largest absolute Gasteiger partial charge is 0.389 e. The first kappa shape index (κ1) is 28.2. The molecule has 220 valence electrons. The predicted octanol–water partition coefficient (Wildman–Crippen LogP) is 4.45. The van der Waals surface area contributed by atoms with Crippen LogP contribution in [0.25, 0.3) is 11.2 Å². The van der Waals surface area contributed by atoms with Gasteiger partial charge in [-0.2, -0.15) is 13.2 Å². The summed E-state index contributed by atoms with van der Waals surface area (Å²) in [6.07, 6.45) is -4.93. The van der Waals surface area contributed by atoms with Crippen molar-refractivity contribution >= 4 is 34.7 Å². The number of hydrogen-bond donors (Lipinski definition) is 2. The molecule has 2 aromatic heterocycles. The molecule has 3 fully saturated rings. The molecule has 6 atom stereocenters. The number of anilines is 1. The summed E-state index contributed by atoms with van der Waals surface area (Å²) in [5, 5.41) is 15.3. The molecule has 3 aliphatic rings. The van der Waals surface area contributed by atoms with Crippen molar-refractivity contribution in [2.45, 2.75) is 87.4 Å². The molecule has 0 spiro atoms. The average molecular weight is 592 g/mol. The van der Waals surface area contributed by atoms with E-state index in [1.54, 1.807) is 18.5 Å². The van der Waals surface area contributed by atoms with Gasteiger partial charge in [-0.15, -0.1) is 5.10 Å². The van der Waals surface area contributed by atoms with Crippen LogP contribution in [-0.4, -0.2) is 73.4 Å². The van der Waals surface area contributed by atoms with E-state index < -0.39 is 42.6 Å². The van der Waals surface area contributed by atoms with Crippen molar-refractivity contribution in [3.8, 4) is 0 Å². The molecule has 0 radical (unpaired) electrons. The first-order valence-corrected chi connectivity index (χ1v) is 14.8. The normalized spacial score (nSPS) is 28.5. The van der Waals surface area contributed by atoms with Crippen molar-refractivity contribution in [1.29, 1.82) is 0 Å². The lowest BCUT2D eigenvalue weighted by Crippen LogP contribution is -2.37. The number of rotatable bonds is 9. The topological polar surface area (TPSA) is 116 Å². The van der Waals surface area contributed by atoms with Crippen LogP contribution >= 0.6 is 11.8 Å². The maximum atomic E-state index is 12.9. The van der Waals surface area contributed by atoms with Gasteiger partial charge in [0.1, 0.15) is 12.2 Å². The van der Waals surface area contributed by atoms with Gasteiger partial charge in [0.05, 0.1) is 18.4 Å². The second kappa shape index (κ2) is 10.7. The summed E-state index contributed by atoms with van der Waals surface area (Å²) in [7, 11) is 0. The van der Waals surface area contributed by atoms with Gasteiger partial charge in [-0.05, 0) is 39.2 Å². The van der Waals surface area contributed by atoms with Crippen LogP contribution < -0.4 is 10.6 Å². The van der Waals surface area contributed by atoms with Gasteiger partial charge in [-0.1, -0.05) is 47.3 Å². The number of nitrogens with zero attached hydrogens (tertiary/aromatic N) is 5. The molecule has 41 heavy (non-hydrogen) atoms. The molecule has 1 amide bonds. The zero-order valence-corrected chi connectivity index (χ0v) is 23.7. The Morgan fingerprint density at radius 3 is 2.63 bits per heavy atom. The number of benzene rings is 1. The maximum Gasteiger partial charge on any atom is 0.389 e. The van der Waals surface area contributed by atoms with E-state index in [1.807, 2.05) is 25.1 Å². The van der Waals surface area contributed by atoms with Crippen molar-refractivity contribution in [2.24, 2.45) is 5.92 Å². The minimum Gasteiger partial charge on any atom is -0.365 e. The van der Waals surface area contributed by atoms with Crippen LogP contribution in [0, 0.1) is 5.92 Å². The Kier molecular flexibility index (Phi) is 7.35.